The summed E-state index contributed by atoms with van der Waals surface area (Å²) in [7, 11) is 0. The maximum absolute atomic E-state index is 13.8. The molecule has 0 spiro atoms. The molecule has 3 aromatic rings. The van der Waals surface area contributed by atoms with Crippen LogP contribution < -0.4 is 27.4 Å². The molecule has 2 aliphatic heterocycles. The highest BCUT2D eigenvalue weighted by Crippen LogP contribution is 2.30. The molecule has 6 amide bonds. The van der Waals surface area contributed by atoms with Gasteiger partial charge in [0.2, 0.25) is 11.8 Å². The molecular formula is C57H79N9O8. The van der Waals surface area contributed by atoms with Crippen LogP contribution in [0, 0.1) is 17.8 Å². The number of pyridine rings is 1. The molecule has 2 aromatic carbocycles. The van der Waals surface area contributed by atoms with Gasteiger partial charge in [0.15, 0.2) is 5.78 Å². The van der Waals surface area contributed by atoms with E-state index in [-0.39, 0.29) is 86.4 Å². The highest BCUT2D eigenvalue weighted by molar-refractivity contribution is 6.08. The van der Waals surface area contributed by atoms with Crippen molar-refractivity contribution in [1.29, 1.82) is 0 Å². The Hall–Kier alpha value is -6.91. The van der Waals surface area contributed by atoms with Gasteiger partial charge in [-0.15, -0.1) is 0 Å². The molecule has 0 saturated carbocycles. The van der Waals surface area contributed by atoms with E-state index in [9.17, 15) is 33.6 Å². The minimum atomic E-state index is -0.847. The average Bonchev–Trinajstić information content (AvgIpc) is 3.53. The summed E-state index contributed by atoms with van der Waals surface area (Å²) in [6.07, 6.45) is 11.7. The number of benzene rings is 2. The second-order valence-corrected chi connectivity index (χ2v) is 20.4. The first kappa shape index (κ1) is 58.0. The number of aromatic nitrogens is 1. The summed E-state index contributed by atoms with van der Waals surface area (Å²) in [5.41, 5.74) is 17.1. The molecule has 0 aliphatic carbocycles. The van der Waals surface area contributed by atoms with Crippen LogP contribution in [0.5, 0.6) is 0 Å². The highest BCUT2D eigenvalue weighted by Gasteiger charge is 2.30. The first-order valence-electron chi connectivity index (χ1n) is 26.6. The van der Waals surface area contributed by atoms with Crippen LogP contribution in [-0.2, 0) is 49.9 Å². The van der Waals surface area contributed by atoms with Gasteiger partial charge in [-0.3, -0.25) is 29.0 Å². The number of nitrogens with zero attached hydrogens (tertiary/aromatic N) is 4. The Balaban J connectivity index is 1.14. The van der Waals surface area contributed by atoms with E-state index in [1.807, 2.05) is 32.6 Å². The van der Waals surface area contributed by atoms with Crippen LogP contribution in [0.1, 0.15) is 157 Å². The van der Waals surface area contributed by atoms with Gasteiger partial charge in [0, 0.05) is 86.6 Å². The number of nitrogens with one attached hydrogen (secondary N) is 3. The van der Waals surface area contributed by atoms with E-state index in [2.05, 4.69) is 39.8 Å². The Morgan fingerprint density at radius 3 is 2.27 bits per heavy atom. The van der Waals surface area contributed by atoms with Crippen molar-refractivity contribution in [2.45, 2.75) is 151 Å². The fourth-order valence-electron chi connectivity index (χ4n) is 9.21. The number of rotatable bonds is 28. The Morgan fingerprint density at radius 2 is 1.58 bits per heavy atom. The lowest BCUT2D eigenvalue weighted by atomic mass is 9.88. The van der Waals surface area contributed by atoms with Crippen molar-refractivity contribution in [3.8, 4) is 0 Å². The maximum atomic E-state index is 13.8. The van der Waals surface area contributed by atoms with E-state index in [4.69, 9.17) is 16.2 Å². The molecule has 74 heavy (non-hydrogen) atoms. The van der Waals surface area contributed by atoms with E-state index >= 15 is 0 Å². The summed E-state index contributed by atoms with van der Waals surface area (Å²) in [4.78, 5) is 105. The summed E-state index contributed by atoms with van der Waals surface area (Å²) in [6, 6.07) is 12.5. The molecule has 2 atom stereocenters. The lowest BCUT2D eigenvalue weighted by Crippen LogP contribution is -2.46. The largest absolute Gasteiger partial charge is 0.445 e. The summed E-state index contributed by atoms with van der Waals surface area (Å²) in [6.45, 7) is 14.4. The molecule has 3 heterocycles. The number of hydrogen-bond acceptors (Lipinski definition) is 11. The third kappa shape index (κ3) is 18.2. The maximum Gasteiger partial charge on any atom is 0.410 e. The van der Waals surface area contributed by atoms with E-state index in [1.165, 1.54) is 6.42 Å². The molecule has 400 valence electrons. The van der Waals surface area contributed by atoms with Crippen LogP contribution in [-0.4, -0.2) is 94.3 Å². The molecular weight excluding hydrogens is 939 g/mol. The van der Waals surface area contributed by atoms with Gasteiger partial charge in [0.25, 0.3) is 5.91 Å². The van der Waals surface area contributed by atoms with Crippen molar-refractivity contribution in [2.24, 2.45) is 34.2 Å². The number of urea groups is 1. The summed E-state index contributed by atoms with van der Waals surface area (Å²) >= 11 is 0. The van der Waals surface area contributed by atoms with Crippen molar-refractivity contribution >= 4 is 64.7 Å². The van der Waals surface area contributed by atoms with Crippen LogP contribution >= 0.6 is 0 Å². The number of amides is 6. The second kappa shape index (κ2) is 29.1. The number of fused-ring (bicyclic) bond motifs is 2. The van der Waals surface area contributed by atoms with Crippen molar-refractivity contribution in [1.82, 2.24) is 25.4 Å². The highest BCUT2D eigenvalue weighted by atomic mass is 16.6. The number of ketones is 2. The van der Waals surface area contributed by atoms with Crippen LogP contribution in [0.15, 0.2) is 65.3 Å². The molecule has 2 aliphatic rings. The number of ether oxygens (including phenoxy) is 1. The summed E-state index contributed by atoms with van der Waals surface area (Å²) in [5, 5.41) is 8.39. The number of unbranched alkanes of at least 4 members (excludes halogenated alkanes) is 3. The van der Waals surface area contributed by atoms with E-state index in [0.717, 1.165) is 49.8 Å². The first-order valence-corrected chi connectivity index (χ1v) is 26.6. The van der Waals surface area contributed by atoms with Crippen molar-refractivity contribution < 1.29 is 38.3 Å². The number of carbonyl (C=O) groups is 7. The standard InChI is InChI=1S/C57H79N9O8/c1-7-25-65(26-8-2)55(71)43-29-41-21-22-42(31-50(41)63-52(58)32-43)53(69)62-45-30-44-35-66(27-23-48(44)61-34-45)57(73)74-36-40-19-17-39(18-20-40)28-51(68)49(16-13-24-60-56(59)72)64-54(70)47(38(5)6)33-46(67)15-12-10-9-11-14-37(3)4/h17-22,29-31,34,37-38,47,49H,7-16,23-28,32-33,35-36H2,1-6H3,(H2,58,63)(H,62,69)(H,64,70)(H3,59,60,72)/t47-,49-/m0/s1. The Labute approximate surface area is 437 Å². The normalized spacial score (nSPS) is 13.9. The third-order valence-electron chi connectivity index (χ3n) is 13.4. The summed E-state index contributed by atoms with van der Waals surface area (Å²) in [5.74, 6) is -0.721. The molecule has 17 heteroatoms. The van der Waals surface area contributed by atoms with Crippen LogP contribution in [0.3, 0.4) is 0 Å². The van der Waals surface area contributed by atoms with Gasteiger partial charge in [-0.05, 0) is 84.9 Å². The predicted octanol–water partition coefficient (Wildman–Crippen LogP) is 8.73. The molecule has 0 saturated heterocycles. The fraction of sp³-hybridized carbons (Fsp3) is 0.526. The Kier molecular flexibility index (Phi) is 22.8. The molecule has 0 radical (unpaired) electrons. The lowest BCUT2D eigenvalue weighted by Gasteiger charge is -2.28. The molecule has 0 bridgehead atoms. The zero-order chi connectivity index (χ0) is 53.7. The number of hydrogen-bond donors (Lipinski definition) is 5. The van der Waals surface area contributed by atoms with E-state index in [1.54, 1.807) is 65.7 Å². The minimum Gasteiger partial charge on any atom is -0.445 e. The van der Waals surface area contributed by atoms with Gasteiger partial charge >= 0.3 is 12.1 Å². The Morgan fingerprint density at radius 1 is 0.865 bits per heavy atom. The Bertz CT molecular complexity index is 2500. The lowest BCUT2D eigenvalue weighted by molar-refractivity contribution is -0.133. The van der Waals surface area contributed by atoms with Crippen LogP contribution in [0.4, 0.5) is 21.0 Å². The van der Waals surface area contributed by atoms with Gasteiger partial charge in [-0.25, -0.2) is 14.6 Å². The van der Waals surface area contributed by atoms with Crippen molar-refractivity contribution in [3.63, 3.8) is 0 Å². The molecule has 0 fully saturated rings. The zero-order valence-corrected chi connectivity index (χ0v) is 44.4. The number of anilines is 1. The molecule has 17 nitrogen and oxygen atoms in total. The zero-order valence-electron chi connectivity index (χ0n) is 44.4. The average molecular weight is 1020 g/mol. The van der Waals surface area contributed by atoms with Crippen LogP contribution in [0.2, 0.25) is 0 Å². The van der Waals surface area contributed by atoms with Crippen molar-refractivity contribution in [3.05, 3.63) is 93.8 Å². The topological polar surface area (TPSA) is 249 Å². The van der Waals surface area contributed by atoms with Crippen molar-refractivity contribution in [2.75, 3.05) is 31.5 Å². The number of carbonyl (C=O) groups excluding carboxylic acids is 7. The number of aliphatic imine (C=N–C) groups is 1. The molecule has 5 rings (SSSR count). The van der Waals surface area contributed by atoms with Gasteiger partial charge in [-0.2, -0.15) is 0 Å². The predicted molar refractivity (Wildman–Crippen MR) is 288 cm³/mol. The smallest absolute Gasteiger partial charge is 0.410 e. The number of nitrogens with two attached hydrogens (primary N) is 2. The number of Topliss-reactive ketones (excluding diaryl/α,β-unsaturated/α-hetero) is 2. The SMILES string of the molecule is CCCN(CCC)C(=O)C1=Cc2ccc(C(=O)Nc3cnc4c(c3)CN(C(=O)OCc3ccc(CC(=O)[C@H](CCCNC(N)=O)NC(=O)[C@@H](CC(=O)CCCCCCC(C)C)C(C)C)cc3)CC4)cc2N=C(N)C1. The molecule has 7 N–H and O–H groups in total. The second-order valence-electron chi connectivity index (χ2n) is 20.4. The molecule has 1 aromatic heterocycles. The first-order chi connectivity index (χ1) is 35.4. The third-order valence-corrected chi connectivity index (χ3v) is 13.4. The van der Waals surface area contributed by atoms with Gasteiger partial charge in [0.05, 0.1) is 30.2 Å². The van der Waals surface area contributed by atoms with E-state index < -0.39 is 24.1 Å². The minimum absolute atomic E-state index is 0.0101. The fourth-order valence-corrected chi connectivity index (χ4v) is 9.21. The van der Waals surface area contributed by atoms with Gasteiger partial charge in [0.1, 0.15) is 18.2 Å². The van der Waals surface area contributed by atoms with E-state index in [0.29, 0.717) is 84.0 Å². The quantitative estimate of drug-likeness (QED) is 0.0433. The van der Waals surface area contributed by atoms with Gasteiger partial charge in [-0.1, -0.05) is 97.6 Å². The van der Waals surface area contributed by atoms with Gasteiger partial charge < -0.3 is 42.0 Å². The molecule has 0 unspecified atom stereocenters. The number of primary amides is 1. The van der Waals surface area contributed by atoms with Crippen LogP contribution in [0.25, 0.3) is 6.08 Å². The monoisotopic (exact) mass is 1020 g/mol. The summed E-state index contributed by atoms with van der Waals surface area (Å²) < 4.78 is 5.71. The number of amidine groups is 1.